The number of hydrogen-bond acceptors (Lipinski definition) is 6. The number of carboxylic acids is 1. The van der Waals surface area contributed by atoms with Gasteiger partial charge in [-0.3, -0.25) is 14.4 Å². The highest BCUT2D eigenvalue weighted by Crippen LogP contribution is 2.58. The molecule has 0 saturated carbocycles. The zero-order valence-corrected chi connectivity index (χ0v) is 19.4. The van der Waals surface area contributed by atoms with Gasteiger partial charge >= 0.3 is 5.97 Å². The molecule has 3 heterocycles. The Kier molecular flexibility index (Phi) is 6.95. The van der Waals surface area contributed by atoms with E-state index in [1.165, 1.54) is 4.90 Å². The molecule has 2 bridgehead atoms. The summed E-state index contributed by atoms with van der Waals surface area (Å²) in [4.78, 5) is 42.9. The number of ether oxygens (including phenoxy) is 2. The van der Waals surface area contributed by atoms with Crippen LogP contribution in [0.3, 0.4) is 0 Å². The number of amides is 2. The average molecular weight is 473 g/mol. The molecule has 3 saturated heterocycles. The zero-order valence-electron chi connectivity index (χ0n) is 19.4. The van der Waals surface area contributed by atoms with Crippen LogP contribution in [0, 0.1) is 11.8 Å². The van der Waals surface area contributed by atoms with Crippen LogP contribution >= 0.6 is 0 Å². The third kappa shape index (κ3) is 3.86. The Morgan fingerprint density at radius 2 is 2.03 bits per heavy atom. The summed E-state index contributed by atoms with van der Waals surface area (Å²) >= 11 is 0. The number of methoxy groups -OCH3 is 1. The van der Waals surface area contributed by atoms with Crippen molar-refractivity contribution in [1.29, 1.82) is 0 Å². The van der Waals surface area contributed by atoms with Crippen LogP contribution in [-0.4, -0.2) is 77.4 Å². The van der Waals surface area contributed by atoms with Gasteiger partial charge in [0, 0.05) is 25.4 Å². The molecule has 0 aliphatic carbocycles. The third-order valence-corrected chi connectivity index (χ3v) is 7.34. The van der Waals surface area contributed by atoms with Crippen LogP contribution in [-0.2, 0) is 19.1 Å². The van der Waals surface area contributed by atoms with Crippen LogP contribution in [0.5, 0.6) is 5.75 Å². The third-order valence-electron chi connectivity index (χ3n) is 7.34. The fraction of sp³-hybridized carbons (Fsp3) is 0.560. The topological polar surface area (TPSA) is 117 Å². The number of carbonyl (C=O) groups is 3. The summed E-state index contributed by atoms with van der Waals surface area (Å²) in [7, 11) is 1.56. The molecule has 2 unspecified atom stereocenters. The van der Waals surface area contributed by atoms with Crippen LogP contribution in [0.4, 0.5) is 5.69 Å². The fourth-order valence-corrected chi connectivity index (χ4v) is 5.89. The summed E-state index contributed by atoms with van der Waals surface area (Å²) in [5.41, 5.74) is -0.523. The van der Waals surface area contributed by atoms with E-state index in [4.69, 9.17) is 14.6 Å². The summed E-state index contributed by atoms with van der Waals surface area (Å²) in [6, 6.07) is 6.13. The first-order valence-electron chi connectivity index (χ1n) is 11.8. The molecular weight excluding hydrogens is 440 g/mol. The Labute approximate surface area is 198 Å². The van der Waals surface area contributed by atoms with E-state index in [-0.39, 0.29) is 25.0 Å². The van der Waals surface area contributed by atoms with Gasteiger partial charge in [0.25, 0.3) is 5.91 Å². The van der Waals surface area contributed by atoms with E-state index in [9.17, 15) is 19.5 Å². The van der Waals surface area contributed by atoms with Crippen molar-refractivity contribution in [2.75, 3.05) is 31.7 Å². The van der Waals surface area contributed by atoms with Crippen LogP contribution in [0.1, 0.15) is 32.1 Å². The maximum Gasteiger partial charge on any atom is 0.310 e. The largest absolute Gasteiger partial charge is 0.497 e. The number of nitrogens with zero attached hydrogens (tertiary/aromatic N) is 2. The van der Waals surface area contributed by atoms with Crippen molar-refractivity contribution in [1.82, 2.24) is 4.90 Å². The maximum atomic E-state index is 14.1. The molecule has 1 spiro atoms. The summed E-state index contributed by atoms with van der Waals surface area (Å²) < 4.78 is 11.5. The first-order valence-corrected chi connectivity index (χ1v) is 11.8. The van der Waals surface area contributed by atoms with Gasteiger partial charge < -0.3 is 29.5 Å². The second-order valence-corrected chi connectivity index (χ2v) is 9.15. The molecule has 9 nitrogen and oxygen atoms in total. The van der Waals surface area contributed by atoms with Crippen LogP contribution < -0.4 is 9.64 Å². The van der Waals surface area contributed by atoms with Crippen molar-refractivity contribution in [3.05, 3.63) is 36.9 Å². The molecular formula is C25H32N2O7. The number of aliphatic carboxylic acids is 1. The molecule has 34 heavy (non-hydrogen) atoms. The van der Waals surface area contributed by atoms with Crippen LogP contribution in [0.15, 0.2) is 36.9 Å². The lowest BCUT2D eigenvalue weighted by atomic mass is 9.70. The first-order chi connectivity index (χ1) is 16.4. The lowest BCUT2D eigenvalue weighted by Crippen LogP contribution is -2.56. The van der Waals surface area contributed by atoms with Gasteiger partial charge in [-0.05, 0) is 56.4 Å². The molecule has 4 rings (SSSR count). The molecule has 5 atom stereocenters. The minimum absolute atomic E-state index is 0.0549. The number of rotatable bonds is 11. The van der Waals surface area contributed by atoms with Gasteiger partial charge in [0.05, 0.1) is 25.0 Å². The highest BCUT2D eigenvalue weighted by atomic mass is 16.5. The van der Waals surface area contributed by atoms with Crippen molar-refractivity contribution in [3.63, 3.8) is 0 Å². The van der Waals surface area contributed by atoms with Gasteiger partial charge in [0.2, 0.25) is 5.91 Å². The molecule has 0 aromatic heterocycles. The predicted molar refractivity (Wildman–Crippen MR) is 123 cm³/mol. The van der Waals surface area contributed by atoms with Gasteiger partial charge in [-0.1, -0.05) is 6.08 Å². The van der Waals surface area contributed by atoms with Crippen molar-refractivity contribution >= 4 is 23.5 Å². The standard InChI is InChI=1S/C25H32N2O7/c1-3-13-26(16-7-9-17(33-2)10-8-16)23(30)21-25-12-11-18(34-25)19(24(31)32)20(25)22(29)27(21)14-5-4-6-15-28/h3,7-10,18-21,28H,1,4-6,11-15H2,2H3,(H,31,32)/t18-,19+,20+,21?,25?/m1/s1. The van der Waals surface area contributed by atoms with Gasteiger partial charge in [0.15, 0.2) is 0 Å². The second kappa shape index (κ2) is 9.76. The molecule has 1 aromatic rings. The number of unbranched alkanes of at least 4 members (excludes halogenated alkanes) is 2. The minimum atomic E-state index is -1.15. The number of aliphatic hydroxyl groups is 1. The first kappa shape index (κ1) is 24.2. The molecule has 3 fully saturated rings. The monoisotopic (exact) mass is 472 g/mol. The normalized spacial score (nSPS) is 29.2. The molecule has 2 N–H and O–H groups in total. The SMILES string of the molecule is C=CCN(C(=O)C1N(CCCCCO)C(=O)[C@@H]2[C@@H](C(=O)O)[C@H]3CCC12O3)c1ccc(OC)cc1. The Morgan fingerprint density at radius 1 is 1.29 bits per heavy atom. The summed E-state index contributed by atoms with van der Waals surface area (Å²) in [6.45, 7) is 4.37. The molecule has 3 aliphatic heterocycles. The number of aliphatic hydroxyl groups excluding tert-OH is 1. The number of carboxylic acid groups (broad SMARTS) is 1. The van der Waals surface area contributed by atoms with Crippen molar-refractivity contribution in [2.45, 2.75) is 49.9 Å². The van der Waals surface area contributed by atoms with Crippen molar-refractivity contribution < 1.29 is 34.1 Å². The predicted octanol–water partition coefficient (Wildman–Crippen LogP) is 1.84. The Morgan fingerprint density at radius 3 is 2.65 bits per heavy atom. The molecule has 184 valence electrons. The van der Waals surface area contributed by atoms with E-state index in [1.807, 2.05) is 0 Å². The Balaban J connectivity index is 1.71. The number of likely N-dealkylation sites (tertiary alicyclic amines) is 1. The van der Waals surface area contributed by atoms with E-state index < -0.39 is 35.6 Å². The number of hydrogen-bond donors (Lipinski definition) is 2. The number of benzene rings is 1. The van der Waals surface area contributed by atoms with E-state index >= 15 is 0 Å². The zero-order chi connectivity index (χ0) is 24.5. The lowest BCUT2D eigenvalue weighted by molar-refractivity contribution is -0.149. The average Bonchev–Trinajstić information content (AvgIpc) is 3.47. The molecule has 1 aromatic carbocycles. The van der Waals surface area contributed by atoms with E-state index in [0.717, 1.165) is 0 Å². The highest BCUT2D eigenvalue weighted by molar-refractivity contribution is 6.04. The number of anilines is 1. The second-order valence-electron chi connectivity index (χ2n) is 9.15. The van der Waals surface area contributed by atoms with Crippen LogP contribution in [0.2, 0.25) is 0 Å². The fourth-order valence-electron chi connectivity index (χ4n) is 5.89. The quantitative estimate of drug-likeness (QED) is 0.373. The minimum Gasteiger partial charge on any atom is -0.497 e. The van der Waals surface area contributed by atoms with E-state index in [2.05, 4.69) is 6.58 Å². The Bertz CT molecular complexity index is 949. The summed E-state index contributed by atoms with van der Waals surface area (Å²) in [5, 5.41) is 19.0. The highest BCUT2D eigenvalue weighted by Gasteiger charge is 2.74. The molecule has 0 radical (unpaired) electrons. The molecule has 2 amide bonds. The molecule has 3 aliphatic rings. The smallest absolute Gasteiger partial charge is 0.310 e. The van der Waals surface area contributed by atoms with Crippen molar-refractivity contribution in [3.8, 4) is 5.75 Å². The van der Waals surface area contributed by atoms with Gasteiger partial charge in [-0.15, -0.1) is 6.58 Å². The van der Waals surface area contributed by atoms with Gasteiger partial charge in [-0.2, -0.15) is 0 Å². The van der Waals surface area contributed by atoms with Gasteiger partial charge in [0.1, 0.15) is 17.4 Å². The van der Waals surface area contributed by atoms with E-state index in [1.54, 1.807) is 42.4 Å². The lowest BCUT2D eigenvalue weighted by Gasteiger charge is -2.36. The Hall–Kier alpha value is -2.91. The maximum absolute atomic E-state index is 14.1. The summed E-state index contributed by atoms with van der Waals surface area (Å²) in [5.74, 6) is -2.88. The van der Waals surface area contributed by atoms with Crippen LogP contribution in [0.25, 0.3) is 0 Å². The number of fused-ring (bicyclic) bond motifs is 1. The van der Waals surface area contributed by atoms with Crippen molar-refractivity contribution in [2.24, 2.45) is 11.8 Å². The summed E-state index contributed by atoms with van der Waals surface area (Å²) in [6.07, 6.45) is 3.92. The van der Waals surface area contributed by atoms with E-state index in [0.29, 0.717) is 50.1 Å². The van der Waals surface area contributed by atoms with Gasteiger partial charge in [-0.25, -0.2) is 0 Å². The molecule has 9 heteroatoms. The number of carbonyl (C=O) groups excluding carboxylic acids is 2.